The average Bonchev–Trinajstić information content (AvgIpc) is 2.47. The maximum absolute atomic E-state index is 12.2. The Morgan fingerprint density at radius 3 is 2.48 bits per heavy atom. The van der Waals surface area contributed by atoms with Crippen LogP contribution in [0.5, 0.6) is 0 Å². The van der Waals surface area contributed by atoms with Crippen molar-refractivity contribution < 1.29 is 8.42 Å². The minimum Gasteiger partial charge on any atom is -0.384 e. The molecule has 0 aromatic heterocycles. The van der Waals surface area contributed by atoms with Crippen molar-refractivity contribution in [1.82, 2.24) is 0 Å². The molecule has 0 aliphatic carbocycles. The third-order valence-corrected chi connectivity index (χ3v) is 5.27. The summed E-state index contributed by atoms with van der Waals surface area (Å²) in [7, 11) is -3.34. The average molecular weight is 412 g/mol. The lowest BCUT2D eigenvalue weighted by atomic mass is 10.2. The van der Waals surface area contributed by atoms with Gasteiger partial charge in [0.25, 0.3) is 0 Å². The molecule has 0 unspecified atom stereocenters. The summed E-state index contributed by atoms with van der Waals surface area (Å²) >= 11 is 2.20. The van der Waals surface area contributed by atoms with E-state index in [-0.39, 0.29) is 10.6 Å². The largest absolute Gasteiger partial charge is 0.384 e. The number of benzene rings is 2. The van der Waals surface area contributed by atoms with Crippen LogP contribution in [-0.4, -0.2) is 20.7 Å². The molecule has 2 rings (SSSR count). The Morgan fingerprint density at radius 2 is 1.86 bits per heavy atom. The molecule has 0 atom stereocenters. The predicted molar refractivity (Wildman–Crippen MR) is 90.9 cm³/mol. The molecular formula is C15H13IN2O2S. The number of hydrogen-bond donors (Lipinski definition) is 1. The summed E-state index contributed by atoms with van der Waals surface area (Å²) in [5.41, 5.74) is 1.35. The molecule has 0 spiro atoms. The lowest BCUT2D eigenvalue weighted by Gasteiger charge is -2.08. The molecule has 0 amide bonds. The normalized spacial score (nSPS) is 10.9. The zero-order valence-corrected chi connectivity index (χ0v) is 14.1. The molecule has 108 valence electrons. The SMILES string of the molecule is N#Cc1ccc(S(=O)(=O)CCNc2cccc(I)c2)cc1. The first-order valence-electron chi connectivity index (χ1n) is 6.24. The number of nitrogens with zero attached hydrogens (tertiary/aromatic N) is 1. The first-order chi connectivity index (χ1) is 10.0. The van der Waals surface area contributed by atoms with E-state index in [0.29, 0.717) is 12.1 Å². The maximum Gasteiger partial charge on any atom is 0.180 e. The van der Waals surface area contributed by atoms with Crippen molar-refractivity contribution in [3.8, 4) is 6.07 Å². The summed E-state index contributed by atoms with van der Waals surface area (Å²) in [6.45, 7) is 0.336. The lowest BCUT2D eigenvalue weighted by Crippen LogP contribution is -2.16. The van der Waals surface area contributed by atoms with Crippen LogP contribution in [0, 0.1) is 14.9 Å². The fourth-order valence-corrected chi connectivity index (χ4v) is 3.48. The van der Waals surface area contributed by atoms with Gasteiger partial charge in [-0.25, -0.2) is 8.42 Å². The van der Waals surface area contributed by atoms with Crippen LogP contribution in [0.25, 0.3) is 0 Å². The Balaban J connectivity index is 1.99. The Bertz CT molecular complexity index is 765. The maximum atomic E-state index is 12.2. The molecule has 1 N–H and O–H groups in total. The number of anilines is 1. The molecule has 0 saturated carbocycles. The van der Waals surface area contributed by atoms with Crippen molar-refractivity contribution in [3.63, 3.8) is 0 Å². The minimum absolute atomic E-state index is 0.00434. The molecule has 21 heavy (non-hydrogen) atoms. The number of nitriles is 1. The molecule has 0 radical (unpaired) electrons. The van der Waals surface area contributed by atoms with E-state index in [2.05, 4.69) is 27.9 Å². The number of rotatable bonds is 5. The van der Waals surface area contributed by atoms with E-state index >= 15 is 0 Å². The summed E-state index contributed by atoms with van der Waals surface area (Å²) in [6, 6.07) is 15.7. The van der Waals surface area contributed by atoms with E-state index in [1.165, 1.54) is 24.3 Å². The lowest BCUT2D eigenvalue weighted by molar-refractivity contribution is 0.596. The Hall–Kier alpha value is -1.59. The van der Waals surface area contributed by atoms with Gasteiger partial charge >= 0.3 is 0 Å². The van der Waals surface area contributed by atoms with Crippen molar-refractivity contribution in [2.24, 2.45) is 0 Å². The molecule has 0 aliphatic heterocycles. The molecule has 2 aromatic rings. The van der Waals surface area contributed by atoms with E-state index in [1.807, 2.05) is 30.3 Å². The Labute approximate surface area is 137 Å². The van der Waals surface area contributed by atoms with Crippen LogP contribution in [0.3, 0.4) is 0 Å². The van der Waals surface area contributed by atoms with Gasteiger partial charge in [-0.2, -0.15) is 5.26 Å². The van der Waals surface area contributed by atoms with Crippen LogP contribution >= 0.6 is 22.6 Å². The second-order valence-electron chi connectivity index (χ2n) is 4.39. The third kappa shape index (κ3) is 4.44. The van der Waals surface area contributed by atoms with Crippen LogP contribution in [0.1, 0.15) is 5.56 Å². The van der Waals surface area contributed by atoms with Gasteiger partial charge in [0.15, 0.2) is 9.84 Å². The highest BCUT2D eigenvalue weighted by molar-refractivity contribution is 14.1. The number of nitrogens with one attached hydrogen (secondary N) is 1. The standard InChI is InChI=1S/C15H13IN2O2S/c16-13-2-1-3-14(10-13)18-8-9-21(19,20)15-6-4-12(11-17)5-7-15/h1-7,10,18H,8-9H2. The van der Waals surface area contributed by atoms with Gasteiger partial charge in [0, 0.05) is 15.8 Å². The summed E-state index contributed by atoms with van der Waals surface area (Å²) in [5, 5.41) is 11.8. The first kappa shape index (κ1) is 15.8. The van der Waals surface area contributed by atoms with Gasteiger partial charge in [0.05, 0.1) is 22.3 Å². The molecule has 0 saturated heterocycles. The second kappa shape index (κ2) is 6.91. The fraction of sp³-hybridized carbons (Fsp3) is 0.133. The molecule has 0 aliphatic rings. The zero-order chi connectivity index (χ0) is 15.3. The van der Waals surface area contributed by atoms with Gasteiger partial charge < -0.3 is 5.32 Å². The van der Waals surface area contributed by atoms with E-state index in [4.69, 9.17) is 5.26 Å². The molecule has 6 heteroatoms. The monoisotopic (exact) mass is 412 g/mol. The van der Waals surface area contributed by atoms with Gasteiger partial charge in [-0.3, -0.25) is 0 Å². The van der Waals surface area contributed by atoms with Crippen molar-refractivity contribution in [2.75, 3.05) is 17.6 Å². The predicted octanol–water partition coefficient (Wildman–Crippen LogP) is 3.05. The smallest absolute Gasteiger partial charge is 0.180 e. The molecule has 0 fully saturated rings. The summed E-state index contributed by atoms with van der Waals surface area (Å²) in [5.74, 6) is 0.00434. The van der Waals surface area contributed by atoms with Crippen LogP contribution in [0.4, 0.5) is 5.69 Å². The summed E-state index contributed by atoms with van der Waals surface area (Å²) in [6.07, 6.45) is 0. The Morgan fingerprint density at radius 1 is 1.14 bits per heavy atom. The van der Waals surface area contributed by atoms with E-state index < -0.39 is 9.84 Å². The molecule has 2 aromatic carbocycles. The number of hydrogen-bond acceptors (Lipinski definition) is 4. The zero-order valence-electron chi connectivity index (χ0n) is 11.1. The first-order valence-corrected chi connectivity index (χ1v) is 8.97. The highest BCUT2D eigenvalue weighted by atomic mass is 127. The van der Waals surface area contributed by atoms with Crippen LogP contribution in [-0.2, 0) is 9.84 Å². The van der Waals surface area contributed by atoms with Crippen molar-refractivity contribution in [2.45, 2.75) is 4.90 Å². The van der Waals surface area contributed by atoms with Gasteiger partial charge in [0.1, 0.15) is 0 Å². The second-order valence-corrected chi connectivity index (χ2v) is 7.75. The fourth-order valence-electron chi connectivity index (χ4n) is 1.78. The molecule has 0 bridgehead atoms. The van der Waals surface area contributed by atoms with Crippen molar-refractivity contribution in [3.05, 3.63) is 57.7 Å². The summed E-state index contributed by atoms with van der Waals surface area (Å²) in [4.78, 5) is 0.242. The van der Waals surface area contributed by atoms with E-state index in [1.54, 1.807) is 0 Å². The van der Waals surface area contributed by atoms with Crippen molar-refractivity contribution >= 4 is 38.1 Å². The van der Waals surface area contributed by atoms with Gasteiger partial charge in [0.2, 0.25) is 0 Å². The topological polar surface area (TPSA) is 70.0 Å². The van der Waals surface area contributed by atoms with Crippen LogP contribution < -0.4 is 5.32 Å². The molecule has 4 nitrogen and oxygen atoms in total. The molecular weight excluding hydrogens is 399 g/mol. The van der Waals surface area contributed by atoms with Crippen molar-refractivity contribution in [1.29, 1.82) is 5.26 Å². The summed E-state index contributed by atoms with van der Waals surface area (Å²) < 4.78 is 25.4. The van der Waals surface area contributed by atoms with Gasteiger partial charge in [-0.05, 0) is 65.1 Å². The van der Waals surface area contributed by atoms with E-state index in [9.17, 15) is 8.42 Å². The van der Waals surface area contributed by atoms with Crippen LogP contribution in [0.15, 0.2) is 53.4 Å². The third-order valence-electron chi connectivity index (χ3n) is 2.87. The Kier molecular flexibility index (Phi) is 5.20. The molecule has 0 heterocycles. The van der Waals surface area contributed by atoms with Gasteiger partial charge in [-0.15, -0.1) is 0 Å². The number of halogens is 1. The highest BCUT2D eigenvalue weighted by Crippen LogP contribution is 2.14. The number of sulfone groups is 1. The van der Waals surface area contributed by atoms with Crippen LogP contribution in [0.2, 0.25) is 0 Å². The van der Waals surface area contributed by atoms with Gasteiger partial charge in [-0.1, -0.05) is 6.07 Å². The minimum atomic E-state index is -3.34. The quantitative estimate of drug-likeness (QED) is 0.767. The van der Waals surface area contributed by atoms with E-state index in [0.717, 1.165) is 9.26 Å². The highest BCUT2D eigenvalue weighted by Gasteiger charge is 2.13.